The highest BCUT2D eigenvalue weighted by molar-refractivity contribution is 5.85. The van der Waals surface area contributed by atoms with Crippen LogP contribution in [-0.4, -0.2) is 11.2 Å². The van der Waals surface area contributed by atoms with E-state index < -0.39 is 0 Å². The van der Waals surface area contributed by atoms with Crippen molar-refractivity contribution in [2.75, 3.05) is 12.1 Å². The first-order chi connectivity index (χ1) is 7.38. The molecule has 0 saturated heterocycles. The van der Waals surface area contributed by atoms with Gasteiger partial charge in [-0.3, -0.25) is 0 Å². The number of benzene rings is 1. The van der Waals surface area contributed by atoms with Crippen molar-refractivity contribution < 1.29 is 4.74 Å². The maximum Gasteiger partial charge on any atom is 0.0869 e. The molecular formula is C11H11N2O2-. The first-order valence-electron chi connectivity index (χ1n) is 4.96. The third-order valence-corrected chi connectivity index (χ3v) is 2.81. The van der Waals surface area contributed by atoms with E-state index in [0.29, 0.717) is 12.3 Å². The molecule has 0 atom stereocenters. The summed E-state index contributed by atoms with van der Waals surface area (Å²) >= 11 is 0. The Morgan fingerprint density at radius 2 is 2.27 bits per heavy atom. The van der Waals surface area contributed by atoms with E-state index >= 15 is 0 Å². The number of ether oxygens (including phenoxy) is 1. The maximum absolute atomic E-state index is 10.5. The third kappa shape index (κ3) is 1.30. The first-order valence-corrected chi connectivity index (χ1v) is 4.96. The van der Waals surface area contributed by atoms with Crippen LogP contribution in [0, 0.1) is 5.21 Å². The van der Waals surface area contributed by atoms with Gasteiger partial charge >= 0.3 is 0 Å². The summed E-state index contributed by atoms with van der Waals surface area (Å²) in [5, 5.41) is 11.6. The Morgan fingerprint density at radius 1 is 1.33 bits per heavy atom. The van der Waals surface area contributed by atoms with E-state index in [4.69, 9.17) is 4.74 Å². The molecule has 1 aromatic heterocycles. The fraction of sp³-hybridized carbons (Fsp3) is 0.273. The van der Waals surface area contributed by atoms with Gasteiger partial charge in [-0.25, -0.2) is 0 Å². The summed E-state index contributed by atoms with van der Waals surface area (Å²) in [6, 6.07) is 7.73. The van der Waals surface area contributed by atoms with Crippen molar-refractivity contribution in [1.29, 1.82) is 0 Å². The van der Waals surface area contributed by atoms with Gasteiger partial charge in [0.15, 0.2) is 0 Å². The van der Waals surface area contributed by atoms with E-state index in [1.807, 2.05) is 17.6 Å². The predicted octanol–water partition coefficient (Wildman–Crippen LogP) is 2.08. The van der Waals surface area contributed by atoms with E-state index in [2.05, 4.69) is 10.6 Å². The van der Waals surface area contributed by atoms with Gasteiger partial charge in [-0.2, -0.15) is 0 Å². The van der Waals surface area contributed by atoms with Crippen molar-refractivity contribution in [3.8, 4) is 0 Å². The molecule has 0 bridgehead atoms. The van der Waals surface area contributed by atoms with E-state index in [1.165, 1.54) is 11.2 Å². The summed E-state index contributed by atoms with van der Waals surface area (Å²) in [6.07, 6.45) is 0. The number of fused-ring (bicyclic) bond motifs is 3. The molecule has 1 aromatic carbocycles. The molecule has 0 amide bonds. The Balaban J connectivity index is 2.22. The molecule has 1 aliphatic heterocycles. The second-order valence-corrected chi connectivity index (χ2v) is 3.72. The lowest BCUT2D eigenvalue weighted by molar-refractivity contribution is 0.0865. The van der Waals surface area contributed by atoms with Crippen molar-refractivity contribution in [3.05, 3.63) is 35.2 Å². The standard InChI is InChI=1S/C11H11N2O2/c14-12-9-1-2-11-8(5-9)6-10-7-15-4-3-13(10)11/h1-2,5-6,12H,3-4,7H2/q-1. The van der Waals surface area contributed by atoms with Crippen LogP contribution >= 0.6 is 0 Å². The zero-order valence-corrected chi connectivity index (χ0v) is 8.19. The van der Waals surface area contributed by atoms with Crippen molar-refractivity contribution in [1.82, 2.24) is 4.57 Å². The number of hydrogen-bond donors (Lipinski definition) is 1. The zero-order valence-electron chi connectivity index (χ0n) is 8.19. The van der Waals surface area contributed by atoms with Gasteiger partial charge in [0.2, 0.25) is 0 Å². The van der Waals surface area contributed by atoms with E-state index in [9.17, 15) is 5.21 Å². The van der Waals surface area contributed by atoms with Gasteiger partial charge in [0.1, 0.15) is 0 Å². The number of hydrogen-bond acceptors (Lipinski definition) is 3. The van der Waals surface area contributed by atoms with E-state index in [-0.39, 0.29) is 0 Å². The molecule has 0 radical (unpaired) electrons. The highest BCUT2D eigenvalue weighted by Crippen LogP contribution is 2.25. The minimum absolute atomic E-state index is 0.603. The quantitative estimate of drug-likeness (QED) is 0.722. The number of aromatic nitrogens is 1. The summed E-state index contributed by atoms with van der Waals surface area (Å²) < 4.78 is 7.63. The lowest BCUT2D eigenvalue weighted by atomic mass is 10.2. The van der Waals surface area contributed by atoms with Crippen LogP contribution < -0.4 is 5.48 Å². The highest BCUT2D eigenvalue weighted by Gasteiger charge is 2.12. The lowest BCUT2D eigenvalue weighted by Gasteiger charge is -2.16. The van der Waals surface area contributed by atoms with Crippen molar-refractivity contribution in [2.45, 2.75) is 13.2 Å². The number of anilines is 1. The van der Waals surface area contributed by atoms with Crippen LogP contribution in [0.4, 0.5) is 5.69 Å². The van der Waals surface area contributed by atoms with Gasteiger partial charge in [-0.15, -0.1) is 0 Å². The van der Waals surface area contributed by atoms with Crippen LogP contribution in [0.1, 0.15) is 5.69 Å². The minimum atomic E-state index is 0.603. The molecule has 0 fully saturated rings. The Morgan fingerprint density at radius 3 is 3.13 bits per heavy atom. The second-order valence-electron chi connectivity index (χ2n) is 3.72. The smallest absolute Gasteiger partial charge is 0.0869 e. The number of nitrogens with one attached hydrogen (secondary N) is 1. The van der Waals surface area contributed by atoms with E-state index in [1.54, 1.807) is 6.07 Å². The van der Waals surface area contributed by atoms with E-state index in [0.717, 1.165) is 18.5 Å². The zero-order chi connectivity index (χ0) is 10.3. The lowest BCUT2D eigenvalue weighted by Crippen LogP contribution is -2.15. The maximum atomic E-state index is 10.5. The third-order valence-electron chi connectivity index (χ3n) is 2.81. The fourth-order valence-corrected chi connectivity index (χ4v) is 2.11. The summed E-state index contributed by atoms with van der Waals surface area (Å²) in [6.45, 7) is 2.32. The Bertz CT molecular complexity index is 505. The Labute approximate surface area is 87.0 Å². The van der Waals surface area contributed by atoms with Crippen LogP contribution in [0.5, 0.6) is 0 Å². The topological polar surface area (TPSA) is 49.2 Å². The molecular weight excluding hydrogens is 192 g/mol. The number of rotatable bonds is 1. The fourth-order valence-electron chi connectivity index (χ4n) is 2.11. The van der Waals surface area contributed by atoms with Crippen LogP contribution in [0.15, 0.2) is 24.3 Å². The summed E-state index contributed by atoms with van der Waals surface area (Å²) in [5.74, 6) is 0. The predicted molar refractivity (Wildman–Crippen MR) is 58.6 cm³/mol. The molecule has 2 aromatic rings. The van der Waals surface area contributed by atoms with Crippen molar-refractivity contribution >= 4 is 16.6 Å². The molecule has 2 heterocycles. The van der Waals surface area contributed by atoms with Gasteiger partial charge in [-0.1, -0.05) is 0 Å². The summed E-state index contributed by atoms with van der Waals surface area (Å²) in [7, 11) is 0. The molecule has 0 spiro atoms. The summed E-state index contributed by atoms with van der Waals surface area (Å²) in [4.78, 5) is 0. The van der Waals surface area contributed by atoms with Gasteiger partial charge in [0.05, 0.1) is 13.2 Å². The van der Waals surface area contributed by atoms with Crippen LogP contribution in [-0.2, 0) is 17.9 Å². The molecule has 0 aliphatic carbocycles. The molecule has 0 unspecified atom stereocenters. The SMILES string of the molecule is [O-]Nc1ccc2c(c1)cc1n2CCOC1. The van der Waals surface area contributed by atoms with Gasteiger partial charge in [0.25, 0.3) is 0 Å². The van der Waals surface area contributed by atoms with Gasteiger partial charge in [-0.05, 0) is 24.3 Å². The van der Waals surface area contributed by atoms with Crippen molar-refractivity contribution in [3.63, 3.8) is 0 Å². The Hall–Kier alpha value is -1.52. The van der Waals surface area contributed by atoms with Crippen LogP contribution in [0.25, 0.3) is 10.9 Å². The molecule has 4 heteroatoms. The molecule has 0 saturated carbocycles. The average molecular weight is 203 g/mol. The van der Waals surface area contributed by atoms with Crippen LogP contribution in [0.3, 0.4) is 0 Å². The molecule has 78 valence electrons. The monoisotopic (exact) mass is 203 g/mol. The van der Waals surface area contributed by atoms with Gasteiger partial charge < -0.3 is 20.0 Å². The molecule has 1 aliphatic rings. The average Bonchev–Trinajstić information content (AvgIpc) is 2.66. The van der Waals surface area contributed by atoms with Crippen molar-refractivity contribution in [2.24, 2.45) is 0 Å². The first kappa shape index (κ1) is 8.76. The summed E-state index contributed by atoms with van der Waals surface area (Å²) in [5.41, 5.74) is 4.87. The highest BCUT2D eigenvalue weighted by atomic mass is 16.5. The molecule has 3 rings (SSSR count). The minimum Gasteiger partial charge on any atom is -0.761 e. The second kappa shape index (κ2) is 3.25. The molecule has 15 heavy (non-hydrogen) atoms. The van der Waals surface area contributed by atoms with Gasteiger partial charge in [0, 0.05) is 28.8 Å². The largest absolute Gasteiger partial charge is 0.761 e. The molecule has 4 nitrogen and oxygen atoms in total. The Kier molecular flexibility index (Phi) is 1.90. The number of nitrogens with zero attached hydrogens (tertiary/aromatic N) is 1. The normalized spacial score (nSPS) is 15.3. The van der Waals surface area contributed by atoms with Crippen LogP contribution in [0.2, 0.25) is 0 Å². The molecule has 1 N–H and O–H groups in total.